The second kappa shape index (κ2) is 8.95. The van der Waals surface area contributed by atoms with E-state index in [1.807, 2.05) is 25.1 Å². The quantitative estimate of drug-likeness (QED) is 0.323. The zero-order chi connectivity index (χ0) is 22.9. The highest BCUT2D eigenvalue weighted by Crippen LogP contribution is 2.40. The average Bonchev–Trinajstić information content (AvgIpc) is 3.44. The molecule has 2 aromatic heterocycles. The summed E-state index contributed by atoms with van der Waals surface area (Å²) < 4.78 is 7.91. The van der Waals surface area contributed by atoms with Crippen LogP contribution in [-0.2, 0) is 11.4 Å². The van der Waals surface area contributed by atoms with Crippen LogP contribution in [0, 0.1) is 0 Å². The number of aromatic amines is 2. The van der Waals surface area contributed by atoms with Crippen molar-refractivity contribution in [3.8, 4) is 5.75 Å². The predicted octanol–water partition coefficient (Wildman–Crippen LogP) is 4.13. The number of benzene rings is 2. The number of carbonyl (C=O) groups is 1. The molecule has 0 bridgehead atoms. The minimum atomic E-state index is -0.412. The van der Waals surface area contributed by atoms with Crippen molar-refractivity contribution in [3.05, 3.63) is 63.8 Å². The number of carbonyl (C=O) groups excluding carboxylic acids is 1. The Morgan fingerprint density at radius 3 is 2.82 bits per heavy atom. The van der Waals surface area contributed by atoms with Crippen molar-refractivity contribution in [3.63, 3.8) is 0 Å². The summed E-state index contributed by atoms with van der Waals surface area (Å²) >= 11 is 7.53. The number of fused-ring (bicyclic) bond motifs is 1. The van der Waals surface area contributed by atoms with E-state index >= 15 is 0 Å². The number of thioether (sulfide) groups is 1. The first-order chi connectivity index (χ1) is 16.0. The zero-order valence-electron chi connectivity index (χ0n) is 17.7. The van der Waals surface area contributed by atoms with Gasteiger partial charge >= 0.3 is 5.69 Å². The number of imidazole rings is 1. The first-order valence-corrected chi connectivity index (χ1v) is 11.7. The Kier molecular flexibility index (Phi) is 5.86. The van der Waals surface area contributed by atoms with Crippen molar-refractivity contribution in [2.45, 2.75) is 42.8 Å². The van der Waals surface area contributed by atoms with Crippen molar-refractivity contribution >= 4 is 46.0 Å². The fourth-order valence-electron chi connectivity index (χ4n) is 3.46. The van der Waals surface area contributed by atoms with Crippen LogP contribution in [0.3, 0.4) is 0 Å². The number of nitrogens with one attached hydrogen (secondary N) is 3. The van der Waals surface area contributed by atoms with Crippen molar-refractivity contribution in [1.29, 1.82) is 0 Å². The van der Waals surface area contributed by atoms with Gasteiger partial charge in [0.1, 0.15) is 12.4 Å². The number of para-hydroxylation sites is 1. The molecule has 11 heteroatoms. The summed E-state index contributed by atoms with van der Waals surface area (Å²) in [5, 5.41) is 12.3. The summed E-state index contributed by atoms with van der Waals surface area (Å²) in [6, 6.07) is 12.8. The summed E-state index contributed by atoms with van der Waals surface area (Å²) in [4.78, 5) is 29.6. The number of hydrogen-bond donors (Lipinski definition) is 3. The lowest BCUT2D eigenvalue weighted by Crippen LogP contribution is -2.23. The zero-order valence-corrected chi connectivity index (χ0v) is 19.2. The minimum absolute atomic E-state index is 0.170. The Morgan fingerprint density at radius 1 is 1.24 bits per heavy atom. The van der Waals surface area contributed by atoms with Gasteiger partial charge in [-0.3, -0.25) is 9.36 Å². The molecule has 2 heterocycles. The third kappa shape index (κ3) is 4.76. The highest BCUT2D eigenvalue weighted by Gasteiger charge is 2.31. The first-order valence-electron chi connectivity index (χ1n) is 10.5. The normalized spacial score (nSPS) is 14.4. The summed E-state index contributed by atoms with van der Waals surface area (Å²) in [5.41, 5.74) is 1.64. The van der Waals surface area contributed by atoms with Crippen LogP contribution in [-0.4, -0.2) is 35.9 Å². The summed E-state index contributed by atoms with van der Waals surface area (Å²) in [7, 11) is 0. The Hall–Kier alpha value is -3.24. The molecule has 1 fully saturated rings. The minimum Gasteiger partial charge on any atom is -0.484 e. The van der Waals surface area contributed by atoms with Crippen molar-refractivity contribution in [2.75, 3.05) is 5.32 Å². The summed E-state index contributed by atoms with van der Waals surface area (Å²) in [5.74, 6) is 1.12. The number of amides is 1. The number of ether oxygens (including phenoxy) is 1. The van der Waals surface area contributed by atoms with Crippen molar-refractivity contribution in [1.82, 2.24) is 24.7 Å². The van der Waals surface area contributed by atoms with E-state index in [4.69, 9.17) is 16.3 Å². The van der Waals surface area contributed by atoms with Crippen LogP contribution in [0.1, 0.15) is 31.6 Å². The third-order valence-corrected chi connectivity index (χ3v) is 6.64. The summed E-state index contributed by atoms with van der Waals surface area (Å²) in [6.07, 6.45) is 2.08. The van der Waals surface area contributed by atoms with Gasteiger partial charge in [0, 0.05) is 11.7 Å². The molecule has 5 rings (SSSR count). The Bertz CT molecular complexity index is 1380. The number of nitrogens with zero attached hydrogens (tertiary/aromatic N) is 3. The van der Waals surface area contributed by atoms with Gasteiger partial charge in [-0.1, -0.05) is 35.5 Å². The van der Waals surface area contributed by atoms with E-state index in [2.05, 4.69) is 30.0 Å². The van der Waals surface area contributed by atoms with Gasteiger partial charge in [0.15, 0.2) is 11.0 Å². The second-order valence-electron chi connectivity index (χ2n) is 7.81. The van der Waals surface area contributed by atoms with Gasteiger partial charge in [-0.25, -0.2) is 4.79 Å². The maximum Gasteiger partial charge on any atom is 0.323 e. The molecule has 1 saturated carbocycles. The molecule has 0 spiro atoms. The fraction of sp³-hybridized carbons (Fsp3) is 0.273. The Balaban J connectivity index is 1.27. The topological polar surface area (TPSA) is 118 Å². The number of rotatable bonds is 8. The second-order valence-corrected chi connectivity index (χ2v) is 9.52. The Labute approximate surface area is 197 Å². The van der Waals surface area contributed by atoms with E-state index in [1.54, 1.807) is 24.3 Å². The average molecular weight is 485 g/mol. The maximum atomic E-state index is 12.8. The molecule has 33 heavy (non-hydrogen) atoms. The lowest BCUT2D eigenvalue weighted by Gasteiger charge is -2.14. The van der Waals surface area contributed by atoms with Crippen molar-refractivity contribution < 1.29 is 9.53 Å². The van der Waals surface area contributed by atoms with Gasteiger partial charge < -0.3 is 20.0 Å². The predicted molar refractivity (Wildman–Crippen MR) is 127 cm³/mol. The van der Waals surface area contributed by atoms with Gasteiger partial charge in [-0.15, -0.1) is 10.2 Å². The molecule has 1 amide bonds. The third-order valence-electron chi connectivity index (χ3n) is 5.28. The molecule has 0 radical (unpaired) electrons. The van der Waals surface area contributed by atoms with Gasteiger partial charge in [-0.05, 0) is 50.1 Å². The SMILES string of the molecule is CC(Sc1nnc(COc2ccccc2Cl)n1C1CC1)C(=O)Nc1ccc2[nH]c(=O)[nH]c2c1. The molecule has 9 nitrogen and oxygen atoms in total. The lowest BCUT2D eigenvalue weighted by molar-refractivity contribution is -0.115. The van der Waals surface area contributed by atoms with Crippen LogP contribution in [0.5, 0.6) is 5.75 Å². The van der Waals surface area contributed by atoms with Crippen LogP contribution in [0.25, 0.3) is 11.0 Å². The van der Waals surface area contributed by atoms with Crippen LogP contribution < -0.4 is 15.7 Å². The lowest BCUT2D eigenvalue weighted by atomic mass is 10.2. The molecule has 0 aliphatic heterocycles. The van der Waals surface area contributed by atoms with Gasteiger partial charge in [-0.2, -0.15) is 0 Å². The number of H-pyrrole nitrogens is 2. The van der Waals surface area contributed by atoms with Crippen LogP contribution in [0.15, 0.2) is 52.4 Å². The molecule has 1 atom stereocenters. The molecular formula is C22H21ClN6O3S. The van der Waals surface area contributed by atoms with Gasteiger partial charge in [0.25, 0.3) is 0 Å². The van der Waals surface area contributed by atoms with E-state index in [9.17, 15) is 9.59 Å². The smallest absolute Gasteiger partial charge is 0.323 e. The van der Waals surface area contributed by atoms with Crippen LogP contribution in [0.2, 0.25) is 5.02 Å². The molecule has 1 aliphatic carbocycles. The molecule has 3 N–H and O–H groups in total. The van der Waals surface area contributed by atoms with Gasteiger partial charge in [0.05, 0.1) is 21.3 Å². The standard InChI is InChI=1S/C22H21ClN6O3S/c1-12(20(30)24-13-6-9-16-17(10-13)26-21(31)25-16)33-22-28-27-19(29(22)14-7-8-14)11-32-18-5-3-2-4-15(18)23/h2-6,9-10,12,14H,7-8,11H2,1H3,(H,24,30)(H2,25,26,31). The van der Waals surface area contributed by atoms with E-state index in [-0.39, 0.29) is 18.2 Å². The van der Waals surface area contributed by atoms with E-state index < -0.39 is 5.25 Å². The van der Waals surface area contributed by atoms with E-state index in [0.717, 1.165) is 12.8 Å². The van der Waals surface area contributed by atoms with Crippen molar-refractivity contribution in [2.24, 2.45) is 0 Å². The number of hydrogen-bond acceptors (Lipinski definition) is 6. The molecule has 1 aliphatic rings. The molecule has 4 aromatic rings. The Morgan fingerprint density at radius 2 is 2.03 bits per heavy atom. The maximum absolute atomic E-state index is 12.8. The molecule has 2 aromatic carbocycles. The number of anilines is 1. The number of halogens is 1. The van der Waals surface area contributed by atoms with Gasteiger partial charge in [0.2, 0.25) is 5.91 Å². The first kappa shape index (κ1) is 21.6. The molecule has 0 saturated heterocycles. The van der Waals surface area contributed by atoms with E-state index in [0.29, 0.717) is 44.5 Å². The van der Waals surface area contributed by atoms with Crippen LogP contribution in [0.4, 0.5) is 5.69 Å². The fourth-order valence-corrected chi connectivity index (χ4v) is 4.58. The highest BCUT2D eigenvalue weighted by atomic mass is 35.5. The molecule has 1 unspecified atom stereocenters. The highest BCUT2D eigenvalue weighted by molar-refractivity contribution is 8.00. The van der Waals surface area contributed by atoms with Crippen LogP contribution >= 0.6 is 23.4 Å². The molecule has 170 valence electrons. The molecular weight excluding hydrogens is 464 g/mol. The largest absolute Gasteiger partial charge is 0.484 e. The van der Waals surface area contributed by atoms with E-state index in [1.165, 1.54) is 11.8 Å². The monoisotopic (exact) mass is 484 g/mol. The summed E-state index contributed by atoms with van der Waals surface area (Å²) in [6.45, 7) is 2.06. The number of aromatic nitrogens is 5.